The van der Waals surface area contributed by atoms with E-state index in [0.717, 1.165) is 25.7 Å². The quantitative estimate of drug-likeness (QED) is 0.868. The van der Waals surface area contributed by atoms with Crippen molar-refractivity contribution in [2.75, 3.05) is 12.4 Å². The van der Waals surface area contributed by atoms with Crippen LogP contribution in [0, 0.1) is 5.92 Å². The minimum Gasteiger partial charge on any atom is -0.334 e. The van der Waals surface area contributed by atoms with Gasteiger partial charge in [-0.3, -0.25) is 14.3 Å². The number of amides is 2. The van der Waals surface area contributed by atoms with E-state index < -0.39 is 11.8 Å². The molecule has 0 spiro atoms. The van der Waals surface area contributed by atoms with Crippen molar-refractivity contribution in [2.24, 2.45) is 13.0 Å². The van der Waals surface area contributed by atoms with E-state index in [1.807, 2.05) is 18.2 Å². The Balaban J connectivity index is 1.64. The van der Waals surface area contributed by atoms with Gasteiger partial charge in [-0.1, -0.05) is 36.8 Å². The van der Waals surface area contributed by atoms with Crippen molar-refractivity contribution in [3.63, 3.8) is 0 Å². The molecular formula is C19H24N4O2. The zero-order valence-electron chi connectivity index (χ0n) is 14.7. The number of benzene rings is 1. The van der Waals surface area contributed by atoms with Gasteiger partial charge >= 0.3 is 11.8 Å². The van der Waals surface area contributed by atoms with Gasteiger partial charge in [0, 0.05) is 26.2 Å². The molecule has 0 aliphatic heterocycles. The third kappa shape index (κ3) is 3.90. The Morgan fingerprint density at radius 3 is 2.68 bits per heavy atom. The molecule has 6 nitrogen and oxygen atoms in total. The van der Waals surface area contributed by atoms with E-state index in [1.165, 1.54) is 10.2 Å². The number of hydrogen-bond acceptors (Lipinski definition) is 3. The standard InChI is InChI=1S/C19H24N4O2/c1-22(19(25)18(24)21-17-11-12-20-23(17)2)16-10-6-9-15(16)13-14-7-4-3-5-8-14/h3-5,7-8,11-12,15-16H,6,9-10,13H2,1-2H3,(H,21,24)/t15-,16-/m0/s1. The Morgan fingerprint density at radius 1 is 1.24 bits per heavy atom. The summed E-state index contributed by atoms with van der Waals surface area (Å²) < 4.78 is 1.53. The maximum Gasteiger partial charge on any atom is 0.315 e. The molecule has 0 saturated heterocycles. The molecule has 1 fully saturated rings. The molecule has 2 amide bonds. The molecule has 3 rings (SSSR count). The van der Waals surface area contributed by atoms with Gasteiger partial charge in [-0.15, -0.1) is 0 Å². The Labute approximate surface area is 147 Å². The highest BCUT2D eigenvalue weighted by molar-refractivity contribution is 6.39. The van der Waals surface area contributed by atoms with Gasteiger partial charge in [0.05, 0.1) is 6.20 Å². The van der Waals surface area contributed by atoms with Crippen molar-refractivity contribution in [3.05, 3.63) is 48.2 Å². The number of aromatic nitrogens is 2. The molecule has 1 aromatic carbocycles. The second kappa shape index (κ2) is 7.51. The summed E-state index contributed by atoms with van der Waals surface area (Å²) in [5.74, 6) is -0.206. The molecule has 1 N–H and O–H groups in total. The first-order valence-electron chi connectivity index (χ1n) is 8.66. The van der Waals surface area contributed by atoms with Crippen LogP contribution in [0.1, 0.15) is 24.8 Å². The van der Waals surface area contributed by atoms with Gasteiger partial charge in [-0.05, 0) is 30.7 Å². The molecule has 1 aromatic heterocycles. The molecule has 2 aromatic rings. The average Bonchev–Trinajstić information content (AvgIpc) is 3.24. The zero-order chi connectivity index (χ0) is 17.8. The summed E-state index contributed by atoms with van der Waals surface area (Å²) in [6, 6.07) is 12.1. The highest BCUT2D eigenvalue weighted by Gasteiger charge is 2.34. The van der Waals surface area contributed by atoms with E-state index in [9.17, 15) is 9.59 Å². The number of nitrogens with one attached hydrogen (secondary N) is 1. The van der Waals surface area contributed by atoms with Gasteiger partial charge in [0.2, 0.25) is 0 Å². The van der Waals surface area contributed by atoms with Gasteiger partial charge in [0.25, 0.3) is 0 Å². The van der Waals surface area contributed by atoms with Crippen LogP contribution in [0.3, 0.4) is 0 Å². The predicted octanol–water partition coefficient (Wildman–Crippen LogP) is 2.23. The van der Waals surface area contributed by atoms with Gasteiger partial charge in [0.15, 0.2) is 0 Å². The van der Waals surface area contributed by atoms with Crippen molar-refractivity contribution < 1.29 is 9.59 Å². The van der Waals surface area contributed by atoms with Crippen LogP contribution in [0.15, 0.2) is 42.6 Å². The highest BCUT2D eigenvalue weighted by Crippen LogP contribution is 2.32. The monoisotopic (exact) mass is 340 g/mol. The summed E-state index contributed by atoms with van der Waals surface area (Å²) in [6.07, 6.45) is 5.63. The fourth-order valence-corrected chi connectivity index (χ4v) is 3.66. The lowest BCUT2D eigenvalue weighted by atomic mass is 9.94. The highest BCUT2D eigenvalue weighted by atomic mass is 16.2. The number of aryl methyl sites for hydroxylation is 1. The molecule has 1 aliphatic carbocycles. The fourth-order valence-electron chi connectivity index (χ4n) is 3.66. The number of carbonyl (C=O) groups is 2. The molecule has 6 heteroatoms. The number of anilines is 1. The summed E-state index contributed by atoms with van der Waals surface area (Å²) in [6.45, 7) is 0. The maximum atomic E-state index is 12.5. The number of hydrogen-bond donors (Lipinski definition) is 1. The minimum atomic E-state index is -0.614. The number of rotatable bonds is 4. The Morgan fingerprint density at radius 2 is 2.00 bits per heavy atom. The van der Waals surface area contributed by atoms with Crippen LogP contribution >= 0.6 is 0 Å². The average molecular weight is 340 g/mol. The lowest BCUT2D eigenvalue weighted by Gasteiger charge is -2.29. The molecule has 0 bridgehead atoms. The largest absolute Gasteiger partial charge is 0.334 e. The Kier molecular flexibility index (Phi) is 5.16. The number of likely N-dealkylation sites (N-methyl/N-ethyl adjacent to an activating group) is 1. The van der Waals surface area contributed by atoms with Crippen LogP contribution in [0.25, 0.3) is 0 Å². The van der Waals surface area contributed by atoms with Crippen molar-refractivity contribution in [1.82, 2.24) is 14.7 Å². The first-order valence-corrected chi connectivity index (χ1v) is 8.66. The summed E-state index contributed by atoms with van der Waals surface area (Å²) in [4.78, 5) is 26.4. The second-order valence-corrected chi connectivity index (χ2v) is 6.66. The van der Waals surface area contributed by atoms with E-state index in [-0.39, 0.29) is 6.04 Å². The van der Waals surface area contributed by atoms with Crippen LogP contribution in [-0.4, -0.2) is 39.6 Å². The molecule has 132 valence electrons. The zero-order valence-corrected chi connectivity index (χ0v) is 14.7. The van der Waals surface area contributed by atoms with E-state index in [0.29, 0.717) is 11.7 Å². The normalized spacial score (nSPS) is 19.6. The third-order valence-electron chi connectivity index (χ3n) is 5.03. The van der Waals surface area contributed by atoms with Crippen LogP contribution in [0.2, 0.25) is 0 Å². The fraction of sp³-hybridized carbons (Fsp3) is 0.421. The van der Waals surface area contributed by atoms with Gasteiger partial charge in [-0.25, -0.2) is 0 Å². The summed E-state index contributed by atoms with van der Waals surface area (Å²) in [5, 5.41) is 6.62. The van der Waals surface area contributed by atoms with Crippen molar-refractivity contribution in [2.45, 2.75) is 31.7 Å². The van der Waals surface area contributed by atoms with Gasteiger partial charge in [0.1, 0.15) is 5.82 Å². The molecular weight excluding hydrogens is 316 g/mol. The summed E-state index contributed by atoms with van der Waals surface area (Å²) >= 11 is 0. The smallest absolute Gasteiger partial charge is 0.315 e. The molecule has 1 heterocycles. The molecule has 0 unspecified atom stereocenters. The van der Waals surface area contributed by atoms with Crippen LogP contribution in [0.4, 0.5) is 5.82 Å². The molecule has 25 heavy (non-hydrogen) atoms. The third-order valence-corrected chi connectivity index (χ3v) is 5.03. The topological polar surface area (TPSA) is 67.2 Å². The van der Waals surface area contributed by atoms with Crippen LogP contribution in [0.5, 0.6) is 0 Å². The Bertz CT molecular complexity index is 741. The first kappa shape index (κ1) is 17.2. The molecule has 0 radical (unpaired) electrons. The van der Waals surface area contributed by atoms with E-state index in [4.69, 9.17) is 0 Å². The SMILES string of the molecule is CN(C(=O)C(=O)Nc1ccnn1C)[C@H]1CCC[C@H]1Cc1ccccc1. The molecule has 2 atom stereocenters. The number of carbonyl (C=O) groups excluding carboxylic acids is 2. The van der Waals surface area contributed by atoms with E-state index in [1.54, 1.807) is 31.3 Å². The lowest BCUT2D eigenvalue weighted by molar-refractivity contribution is -0.144. The minimum absolute atomic E-state index is 0.102. The van der Waals surface area contributed by atoms with Crippen LogP contribution in [-0.2, 0) is 23.1 Å². The van der Waals surface area contributed by atoms with E-state index >= 15 is 0 Å². The predicted molar refractivity (Wildman–Crippen MR) is 95.9 cm³/mol. The lowest BCUT2D eigenvalue weighted by Crippen LogP contribution is -2.45. The van der Waals surface area contributed by atoms with E-state index in [2.05, 4.69) is 22.5 Å². The van der Waals surface area contributed by atoms with Crippen molar-refractivity contribution in [1.29, 1.82) is 0 Å². The van der Waals surface area contributed by atoms with Crippen LogP contribution < -0.4 is 5.32 Å². The molecule has 1 saturated carbocycles. The van der Waals surface area contributed by atoms with Crippen molar-refractivity contribution >= 4 is 17.6 Å². The number of nitrogens with zero attached hydrogens (tertiary/aromatic N) is 3. The summed E-state index contributed by atoms with van der Waals surface area (Å²) in [5.41, 5.74) is 1.28. The maximum absolute atomic E-state index is 12.5. The Hall–Kier alpha value is -2.63. The summed E-state index contributed by atoms with van der Waals surface area (Å²) in [7, 11) is 3.45. The van der Waals surface area contributed by atoms with Gasteiger partial charge in [-0.2, -0.15) is 5.10 Å². The van der Waals surface area contributed by atoms with Crippen molar-refractivity contribution in [3.8, 4) is 0 Å². The molecule has 1 aliphatic rings. The first-order chi connectivity index (χ1) is 12.1. The second-order valence-electron chi connectivity index (χ2n) is 6.66. The van der Waals surface area contributed by atoms with Gasteiger partial charge < -0.3 is 10.2 Å².